The van der Waals surface area contributed by atoms with Crippen molar-refractivity contribution in [1.82, 2.24) is 0 Å². The Kier molecular flexibility index (Phi) is 9.18. The molecule has 1 rings (SSSR count). The number of rotatable bonds is 4. The molecule has 0 aliphatic rings. The summed E-state index contributed by atoms with van der Waals surface area (Å²) in [5.41, 5.74) is 11.5. The number of halogens is 1. The fourth-order valence-electron chi connectivity index (χ4n) is 0.917. The number of hydrogen-bond acceptors (Lipinski definition) is 4. The van der Waals surface area contributed by atoms with Crippen molar-refractivity contribution in [1.29, 1.82) is 0 Å². The second-order valence-corrected chi connectivity index (χ2v) is 3.73. The highest BCUT2D eigenvalue weighted by Crippen LogP contribution is 2.10. The Morgan fingerprint density at radius 1 is 1.25 bits per heavy atom. The van der Waals surface area contributed by atoms with Crippen LogP contribution in [0.25, 0.3) is 0 Å². The number of benzene rings is 1. The highest BCUT2D eigenvalue weighted by molar-refractivity contribution is 6.30. The minimum absolute atomic E-state index is 0.142. The monoisotopic (exact) mass is 246 g/mol. The molecule has 0 spiro atoms. The molecule has 1 aromatic rings. The minimum atomic E-state index is -0.454. The van der Waals surface area contributed by atoms with Crippen molar-refractivity contribution in [2.24, 2.45) is 11.5 Å². The molecular weight excluding hydrogens is 228 g/mol. The molecule has 0 amide bonds. The summed E-state index contributed by atoms with van der Waals surface area (Å²) in [4.78, 5) is 0. The Labute approximate surface area is 101 Å². The second kappa shape index (κ2) is 9.57. The van der Waals surface area contributed by atoms with E-state index >= 15 is 0 Å². The second-order valence-electron chi connectivity index (χ2n) is 3.29. The fraction of sp³-hybridized carbons (Fsp3) is 0.455. The summed E-state index contributed by atoms with van der Waals surface area (Å²) in [6, 6.07) is 7.31. The van der Waals surface area contributed by atoms with Crippen molar-refractivity contribution in [3.63, 3.8) is 0 Å². The van der Waals surface area contributed by atoms with Gasteiger partial charge in [0.1, 0.15) is 0 Å². The summed E-state index contributed by atoms with van der Waals surface area (Å²) in [7, 11) is 0. The van der Waals surface area contributed by atoms with Crippen LogP contribution in [0.5, 0.6) is 0 Å². The molecule has 0 atom stereocenters. The van der Waals surface area contributed by atoms with Crippen LogP contribution in [0.1, 0.15) is 5.56 Å². The van der Waals surface area contributed by atoms with Gasteiger partial charge in [-0.1, -0.05) is 23.7 Å². The first kappa shape index (κ1) is 15.3. The molecule has 6 N–H and O–H groups in total. The third kappa shape index (κ3) is 7.62. The van der Waals surface area contributed by atoms with E-state index in [2.05, 4.69) is 0 Å². The van der Waals surface area contributed by atoms with Crippen molar-refractivity contribution in [3.8, 4) is 0 Å². The molecule has 4 nitrogen and oxygen atoms in total. The van der Waals surface area contributed by atoms with Gasteiger partial charge < -0.3 is 21.7 Å². The molecule has 0 unspecified atom stereocenters. The fourth-order valence-corrected chi connectivity index (χ4v) is 1.13. The number of aliphatic hydroxyl groups excluding tert-OH is 2. The summed E-state index contributed by atoms with van der Waals surface area (Å²) in [6.45, 7) is 0.396. The van der Waals surface area contributed by atoms with Gasteiger partial charge in [0.05, 0.1) is 19.3 Å². The topological polar surface area (TPSA) is 92.5 Å². The first-order valence-electron chi connectivity index (χ1n) is 5.05. The first-order valence-corrected chi connectivity index (χ1v) is 5.43. The van der Waals surface area contributed by atoms with E-state index in [1.54, 1.807) is 0 Å². The van der Waals surface area contributed by atoms with Crippen LogP contribution in [-0.2, 0) is 6.42 Å². The Hall–Kier alpha value is -0.650. The molecule has 16 heavy (non-hydrogen) atoms. The largest absolute Gasteiger partial charge is 0.395 e. The maximum absolute atomic E-state index is 8.05. The highest BCUT2D eigenvalue weighted by atomic mass is 35.5. The Morgan fingerprint density at radius 3 is 2.25 bits per heavy atom. The highest BCUT2D eigenvalue weighted by Gasteiger charge is 1.92. The van der Waals surface area contributed by atoms with Gasteiger partial charge in [0.2, 0.25) is 0 Å². The third-order valence-electron chi connectivity index (χ3n) is 1.79. The van der Waals surface area contributed by atoms with Crippen molar-refractivity contribution in [2.45, 2.75) is 12.5 Å². The summed E-state index contributed by atoms with van der Waals surface area (Å²) >= 11 is 5.74. The van der Waals surface area contributed by atoms with Gasteiger partial charge in [-0.3, -0.25) is 0 Å². The van der Waals surface area contributed by atoms with Crippen molar-refractivity contribution >= 4 is 11.6 Å². The SMILES string of the molecule is NC(CO)CO.NCCc1cccc(Cl)c1. The Morgan fingerprint density at radius 2 is 1.88 bits per heavy atom. The van der Waals surface area contributed by atoms with E-state index in [-0.39, 0.29) is 13.2 Å². The molecule has 0 fully saturated rings. The number of hydrogen-bond donors (Lipinski definition) is 4. The van der Waals surface area contributed by atoms with Crippen molar-refractivity contribution in [2.75, 3.05) is 19.8 Å². The Bertz CT molecular complexity index is 280. The molecule has 0 heterocycles. The number of nitrogens with two attached hydrogens (primary N) is 2. The summed E-state index contributed by atoms with van der Waals surface area (Å²) in [5.74, 6) is 0. The zero-order valence-corrected chi connectivity index (χ0v) is 9.90. The van der Waals surface area contributed by atoms with Crippen LogP contribution < -0.4 is 11.5 Å². The lowest BCUT2D eigenvalue weighted by Crippen LogP contribution is -2.27. The van der Waals surface area contributed by atoms with Crippen LogP contribution in [0.4, 0.5) is 0 Å². The van der Waals surface area contributed by atoms with Gasteiger partial charge in [-0.15, -0.1) is 0 Å². The minimum Gasteiger partial charge on any atom is -0.395 e. The van der Waals surface area contributed by atoms with E-state index in [1.165, 1.54) is 5.56 Å². The molecule has 0 aliphatic heterocycles. The molecule has 0 saturated heterocycles. The van der Waals surface area contributed by atoms with Gasteiger partial charge in [0.15, 0.2) is 0 Å². The van der Waals surface area contributed by atoms with Gasteiger partial charge >= 0.3 is 0 Å². The standard InChI is InChI=1S/C8H10ClN.C3H9NO2/c9-8-3-1-2-7(6-8)4-5-10;4-3(1-5)2-6/h1-3,6H,4-5,10H2;3,5-6H,1-2,4H2. The van der Waals surface area contributed by atoms with Gasteiger partial charge in [-0.25, -0.2) is 0 Å². The predicted molar refractivity (Wildman–Crippen MR) is 66.4 cm³/mol. The Balaban J connectivity index is 0.000000325. The lowest BCUT2D eigenvalue weighted by atomic mass is 10.2. The first-order chi connectivity index (χ1) is 7.63. The molecule has 92 valence electrons. The predicted octanol–water partition coefficient (Wildman–Crippen LogP) is 0.140. The molecular formula is C11H19ClN2O2. The molecule has 0 aromatic heterocycles. The van der Waals surface area contributed by atoms with Crippen molar-refractivity contribution in [3.05, 3.63) is 34.9 Å². The average Bonchev–Trinajstić information content (AvgIpc) is 2.29. The lowest BCUT2D eigenvalue weighted by molar-refractivity contribution is 0.194. The zero-order chi connectivity index (χ0) is 12.4. The van der Waals surface area contributed by atoms with Gasteiger partial charge in [0.25, 0.3) is 0 Å². The van der Waals surface area contributed by atoms with Gasteiger partial charge in [0, 0.05) is 5.02 Å². The molecule has 5 heteroatoms. The van der Waals surface area contributed by atoms with Crippen LogP contribution in [-0.4, -0.2) is 36.0 Å². The molecule has 0 aliphatic carbocycles. The summed E-state index contributed by atoms with van der Waals surface area (Å²) < 4.78 is 0. The van der Waals surface area contributed by atoms with E-state index in [9.17, 15) is 0 Å². The van der Waals surface area contributed by atoms with Gasteiger partial charge in [-0.05, 0) is 30.7 Å². The zero-order valence-electron chi connectivity index (χ0n) is 9.14. The van der Waals surface area contributed by atoms with Gasteiger partial charge in [-0.2, -0.15) is 0 Å². The van der Waals surface area contributed by atoms with E-state index in [1.807, 2.05) is 24.3 Å². The van der Waals surface area contributed by atoms with Crippen molar-refractivity contribution < 1.29 is 10.2 Å². The maximum Gasteiger partial charge on any atom is 0.0605 e. The quantitative estimate of drug-likeness (QED) is 0.608. The number of aliphatic hydroxyl groups is 2. The maximum atomic E-state index is 8.05. The van der Waals surface area contributed by atoms with E-state index in [0.717, 1.165) is 11.4 Å². The molecule has 0 saturated carbocycles. The van der Waals surface area contributed by atoms with Crippen LogP contribution in [0.3, 0.4) is 0 Å². The van der Waals surface area contributed by atoms with E-state index < -0.39 is 6.04 Å². The third-order valence-corrected chi connectivity index (χ3v) is 2.03. The van der Waals surface area contributed by atoms with Crippen LogP contribution in [0, 0.1) is 0 Å². The molecule has 0 bridgehead atoms. The van der Waals surface area contributed by atoms with Crippen LogP contribution in [0.15, 0.2) is 24.3 Å². The normalized spacial score (nSPS) is 9.88. The van der Waals surface area contributed by atoms with E-state index in [0.29, 0.717) is 6.54 Å². The van der Waals surface area contributed by atoms with Crippen LogP contribution >= 0.6 is 11.6 Å². The molecule has 1 aromatic carbocycles. The average molecular weight is 247 g/mol. The summed E-state index contributed by atoms with van der Waals surface area (Å²) in [6.07, 6.45) is 0.903. The lowest BCUT2D eigenvalue weighted by Gasteiger charge is -1.98. The molecule has 0 radical (unpaired) electrons. The van der Waals surface area contributed by atoms with Crippen LogP contribution in [0.2, 0.25) is 5.02 Å². The smallest absolute Gasteiger partial charge is 0.0605 e. The summed E-state index contributed by atoms with van der Waals surface area (Å²) in [5, 5.41) is 16.9. The van der Waals surface area contributed by atoms with E-state index in [4.69, 9.17) is 33.3 Å².